The van der Waals surface area contributed by atoms with E-state index in [4.69, 9.17) is 5.73 Å². The molecule has 0 bridgehead atoms. The molecule has 17 heavy (non-hydrogen) atoms. The third kappa shape index (κ3) is 2.63. The summed E-state index contributed by atoms with van der Waals surface area (Å²) in [6, 6.07) is 8.21. The molecule has 0 saturated carbocycles. The summed E-state index contributed by atoms with van der Waals surface area (Å²) in [6.07, 6.45) is 5.05. The van der Waals surface area contributed by atoms with Gasteiger partial charge in [0.2, 0.25) is 0 Å². The lowest BCUT2D eigenvalue weighted by Gasteiger charge is -1.98. The van der Waals surface area contributed by atoms with Crippen molar-refractivity contribution in [3.63, 3.8) is 0 Å². The molecule has 0 aliphatic heterocycles. The minimum Gasteiger partial charge on any atom is -0.330 e. The number of aromatic nitrogens is 1. The first kappa shape index (κ1) is 12.0. The Morgan fingerprint density at radius 1 is 1.41 bits per heavy atom. The van der Waals surface area contributed by atoms with Gasteiger partial charge in [-0.25, -0.2) is 0 Å². The zero-order valence-corrected chi connectivity index (χ0v) is 10.4. The topological polar surface area (TPSA) is 54.2 Å². The maximum absolute atomic E-state index is 9.22. The first-order valence-electron chi connectivity index (χ1n) is 5.63. The van der Waals surface area contributed by atoms with E-state index in [1.54, 1.807) is 0 Å². The van der Waals surface area contributed by atoms with Crippen LogP contribution in [0.25, 0.3) is 5.52 Å². The molecule has 0 aliphatic carbocycles. The standard InChI is InChI=1S/C13H15N3S/c14-5-3-7-17-10-11-9-16-6-2-1-4-13(16)12(11)8-15/h1-2,4,6,9H,3,5,7,10,14H2. The molecule has 0 aromatic carbocycles. The van der Waals surface area contributed by atoms with Gasteiger partial charge in [-0.15, -0.1) is 0 Å². The Labute approximate surface area is 105 Å². The normalized spacial score (nSPS) is 10.6. The van der Waals surface area contributed by atoms with Crippen molar-refractivity contribution >= 4 is 17.3 Å². The fourth-order valence-electron chi connectivity index (χ4n) is 1.78. The number of rotatable bonds is 5. The molecule has 2 aromatic heterocycles. The quantitative estimate of drug-likeness (QED) is 0.823. The number of nitrogens with zero attached hydrogens (tertiary/aromatic N) is 2. The number of nitrogens with two attached hydrogens (primary N) is 1. The van der Waals surface area contributed by atoms with Gasteiger partial charge >= 0.3 is 0 Å². The highest BCUT2D eigenvalue weighted by molar-refractivity contribution is 7.98. The molecule has 0 unspecified atom stereocenters. The van der Waals surface area contributed by atoms with Gasteiger partial charge in [-0.1, -0.05) is 6.07 Å². The van der Waals surface area contributed by atoms with Crippen molar-refractivity contribution in [2.24, 2.45) is 5.73 Å². The fourth-order valence-corrected chi connectivity index (χ4v) is 2.74. The summed E-state index contributed by atoms with van der Waals surface area (Å²) in [5.74, 6) is 1.93. The molecule has 88 valence electrons. The summed E-state index contributed by atoms with van der Waals surface area (Å²) < 4.78 is 2.01. The Bertz CT molecular complexity index is 539. The van der Waals surface area contributed by atoms with Gasteiger partial charge in [0.15, 0.2) is 0 Å². The summed E-state index contributed by atoms with van der Waals surface area (Å²) in [7, 11) is 0. The second-order valence-corrected chi connectivity index (χ2v) is 4.93. The Hall–Kier alpha value is -1.44. The summed E-state index contributed by atoms with van der Waals surface area (Å²) in [4.78, 5) is 0. The van der Waals surface area contributed by atoms with Crippen LogP contribution in [0.15, 0.2) is 30.6 Å². The summed E-state index contributed by atoms with van der Waals surface area (Å²) in [5.41, 5.74) is 8.35. The molecule has 2 rings (SSSR count). The molecule has 0 fully saturated rings. The average molecular weight is 245 g/mol. The monoisotopic (exact) mass is 245 g/mol. The zero-order valence-electron chi connectivity index (χ0n) is 9.60. The largest absolute Gasteiger partial charge is 0.330 e. The van der Waals surface area contributed by atoms with E-state index in [0.717, 1.165) is 41.1 Å². The van der Waals surface area contributed by atoms with Crippen molar-refractivity contribution in [3.8, 4) is 6.07 Å². The number of pyridine rings is 1. The highest BCUT2D eigenvalue weighted by Crippen LogP contribution is 2.22. The molecule has 2 aromatic rings. The Morgan fingerprint density at radius 3 is 3.06 bits per heavy atom. The predicted octanol–water partition coefficient (Wildman–Crippen LogP) is 2.39. The molecule has 2 heterocycles. The molecule has 0 spiro atoms. The summed E-state index contributed by atoms with van der Waals surface area (Å²) >= 11 is 1.83. The van der Waals surface area contributed by atoms with E-state index in [2.05, 4.69) is 6.07 Å². The molecular formula is C13H15N3S. The summed E-state index contributed by atoms with van der Waals surface area (Å²) in [5, 5.41) is 9.22. The minimum atomic E-state index is 0.732. The van der Waals surface area contributed by atoms with Crippen LogP contribution in [0.3, 0.4) is 0 Å². The second-order valence-electron chi connectivity index (χ2n) is 3.83. The van der Waals surface area contributed by atoms with Crippen molar-refractivity contribution in [1.29, 1.82) is 5.26 Å². The molecule has 3 nitrogen and oxygen atoms in total. The van der Waals surface area contributed by atoms with E-state index in [1.807, 2.05) is 46.8 Å². The highest BCUT2D eigenvalue weighted by Gasteiger charge is 2.09. The van der Waals surface area contributed by atoms with Crippen LogP contribution in [0.2, 0.25) is 0 Å². The lowest BCUT2D eigenvalue weighted by Crippen LogP contribution is -1.99. The van der Waals surface area contributed by atoms with E-state index < -0.39 is 0 Å². The van der Waals surface area contributed by atoms with Crippen LogP contribution in [0.4, 0.5) is 0 Å². The summed E-state index contributed by atoms with van der Waals surface area (Å²) in [6.45, 7) is 0.732. The van der Waals surface area contributed by atoms with Gasteiger partial charge in [-0.2, -0.15) is 17.0 Å². The van der Waals surface area contributed by atoms with Gasteiger partial charge in [0.1, 0.15) is 6.07 Å². The zero-order chi connectivity index (χ0) is 12.1. The van der Waals surface area contributed by atoms with Crippen molar-refractivity contribution in [3.05, 3.63) is 41.7 Å². The van der Waals surface area contributed by atoms with E-state index >= 15 is 0 Å². The Morgan fingerprint density at radius 2 is 2.29 bits per heavy atom. The van der Waals surface area contributed by atoms with Gasteiger partial charge < -0.3 is 10.1 Å². The number of hydrogen-bond donors (Lipinski definition) is 1. The third-order valence-electron chi connectivity index (χ3n) is 2.62. The Kier molecular flexibility index (Phi) is 4.08. The van der Waals surface area contributed by atoms with Crippen molar-refractivity contribution in [1.82, 2.24) is 4.40 Å². The lowest BCUT2D eigenvalue weighted by molar-refractivity contribution is 0.943. The molecule has 0 radical (unpaired) electrons. The lowest BCUT2D eigenvalue weighted by atomic mass is 10.2. The van der Waals surface area contributed by atoms with Gasteiger partial charge in [0, 0.05) is 18.1 Å². The maximum atomic E-state index is 9.22. The SMILES string of the molecule is N#Cc1c(CSCCCN)cn2ccccc12. The highest BCUT2D eigenvalue weighted by atomic mass is 32.2. The first-order valence-corrected chi connectivity index (χ1v) is 6.78. The molecule has 0 amide bonds. The Balaban J connectivity index is 2.19. The molecule has 4 heteroatoms. The third-order valence-corrected chi connectivity index (χ3v) is 3.72. The molecule has 0 aliphatic rings. The molecule has 0 atom stereocenters. The van der Waals surface area contributed by atoms with E-state index in [-0.39, 0.29) is 0 Å². The number of fused-ring (bicyclic) bond motifs is 1. The molecule has 0 saturated heterocycles. The first-order chi connectivity index (χ1) is 8.36. The van der Waals surface area contributed by atoms with Gasteiger partial charge in [0.05, 0.1) is 11.1 Å². The second kappa shape index (κ2) is 5.76. The van der Waals surface area contributed by atoms with Crippen molar-refractivity contribution < 1.29 is 0 Å². The van der Waals surface area contributed by atoms with Gasteiger partial charge in [0.25, 0.3) is 0 Å². The predicted molar refractivity (Wildman–Crippen MR) is 71.9 cm³/mol. The van der Waals surface area contributed by atoms with Crippen LogP contribution in [-0.4, -0.2) is 16.7 Å². The average Bonchev–Trinajstić information content (AvgIpc) is 2.72. The van der Waals surface area contributed by atoms with Crippen molar-refractivity contribution in [2.75, 3.05) is 12.3 Å². The minimum absolute atomic E-state index is 0.732. The van der Waals surface area contributed by atoms with Crippen LogP contribution in [0.1, 0.15) is 17.5 Å². The number of thioether (sulfide) groups is 1. The maximum Gasteiger partial charge on any atom is 0.102 e. The van der Waals surface area contributed by atoms with Crippen LogP contribution >= 0.6 is 11.8 Å². The molecular weight excluding hydrogens is 230 g/mol. The van der Waals surface area contributed by atoms with E-state index in [0.29, 0.717) is 0 Å². The van der Waals surface area contributed by atoms with Crippen LogP contribution in [0, 0.1) is 11.3 Å². The number of nitriles is 1. The fraction of sp³-hybridized carbons (Fsp3) is 0.308. The van der Waals surface area contributed by atoms with Gasteiger partial charge in [-0.05, 0) is 36.4 Å². The van der Waals surface area contributed by atoms with Gasteiger partial charge in [-0.3, -0.25) is 0 Å². The molecule has 2 N–H and O–H groups in total. The smallest absolute Gasteiger partial charge is 0.102 e. The van der Waals surface area contributed by atoms with Crippen LogP contribution in [0.5, 0.6) is 0 Å². The number of hydrogen-bond acceptors (Lipinski definition) is 3. The van der Waals surface area contributed by atoms with Crippen molar-refractivity contribution in [2.45, 2.75) is 12.2 Å². The van der Waals surface area contributed by atoms with Crippen LogP contribution < -0.4 is 5.73 Å². The van der Waals surface area contributed by atoms with E-state index in [1.165, 1.54) is 0 Å². The van der Waals surface area contributed by atoms with Crippen LogP contribution in [-0.2, 0) is 5.75 Å². The van der Waals surface area contributed by atoms with E-state index in [9.17, 15) is 5.26 Å².